The number of hydrogen-bond acceptors (Lipinski definition) is 4. The van der Waals surface area contributed by atoms with E-state index in [9.17, 15) is 9.90 Å². The first-order chi connectivity index (χ1) is 11.0. The number of hydrogen-bond donors (Lipinski definition) is 2. The molecule has 4 heteroatoms. The topological polar surface area (TPSA) is 66.8 Å². The Morgan fingerprint density at radius 3 is 2.00 bits per heavy atom. The zero-order valence-corrected chi connectivity index (χ0v) is 15.3. The van der Waals surface area contributed by atoms with E-state index >= 15 is 0 Å². The van der Waals surface area contributed by atoms with Gasteiger partial charge in [0.25, 0.3) is 0 Å². The molecule has 0 bridgehead atoms. The lowest BCUT2D eigenvalue weighted by atomic mass is 10.0. The second-order valence-electron chi connectivity index (χ2n) is 6.69. The molecule has 0 saturated carbocycles. The molecule has 0 spiro atoms. The minimum atomic E-state index is -0.544. The Kier molecular flexibility index (Phi) is 13.9. The van der Waals surface area contributed by atoms with Gasteiger partial charge in [-0.3, -0.25) is 0 Å². The fraction of sp³-hybridized carbons (Fsp3) is 0.842. The van der Waals surface area contributed by atoms with Crippen molar-refractivity contribution in [3.05, 3.63) is 11.3 Å². The average molecular weight is 328 g/mol. The maximum Gasteiger partial charge on any atom is 0.337 e. The van der Waals surface area contributed by atoms with Crippen molar-refractivity contribution in [1.29, 1.82) is 0 Å². The predicted molar refractivity (Wildman–Crippen MR) is 94.4 cm³/mol. The number of allylic oxidation sites excluding steroid dienone is 1. The molecular weight excluding hydrogens is 292 g/mol. The van der Waals surface area contributed by atoms with Gasteiger partial charge in [0.05, 0.1) is 12.2 Å². The van der Waals surface area contributed by atoms with Crippen molar-refractivity contribution in [2.24, 2.45) is 5.92 Å². The van der Waals surface area contributed by atoms with Crippen LogP contribution in [0.4, 0.5) is 0 Å². The first-order valence-electron chi connectivity index (χ1n) is 9.15. The normalized spacial score (nSPS) is 12.4. The van der Waals surface area contributed by atoms with Gasteiger partial charge < -0.3 is 14.9 Å². The van der Waals surface area contributed by atoms with Crippen LogP contribution in [0.15, 0.2) is 11.3 Å². The highest BCUT2D eigenvalue weighted by atomic mass is 16.5. The number of carbonyl (C=O) groups is 1. The molecule has 0 saturated heterocycles. The molecule has 0 aromatic heterocycles. The van der Waals surface area contributed by atoms with Crippen LogP contribution in [0, 0.1) is 5.92 Å². The number of aliphatic hydroxyl groups is 2. The molecule has 0 aliphatic rings. The van der Waals surface area contributed by atoms with Gasteiger partial charge in [0.1, 0.15) is 12.4 Å². The van der Waals surface area contributed by atoms with E-state index in [0.29, 0.717) is 6.42 Å². The zero-order chi connectivity index (χ0) is 17.5. The third kappa shape index (κ3) is 13.1. The molecule has 4 nitrogen and oxygen atoms in total. The second-order valence-corrected chi connectivity index (χ2v) is 6.69. The highest BCUT2D eigenvalue weighted by Crippen LogP contribution is 2.15. The van der Waals surface area contributed by atoms with Crippen LogP contribution in [-0.2, 0) is 9.53 Å². The minimum Gasteiger partial charge on any atom is -0.512 e. The van der Waals surface area contributed by atoms with E-state index < -0.39 is 5.97 Å². The number of carbonyl (C=O) groups excluding carboxylic acids is 1. The lowest BCUT2D eigenvalue weighted by Crippen LogP contribution is -2.11. The van der Waals surface area contributed by atoms with Gasteiger partial charge in [-0.25, -0.2) is 4.79 Å². The summed E-state index contributed by atoms with van der Waals surface area (Å²) in [7, 11) is 0. The average Bonchev–Trinajstić information content (AvgIpc) is 2.52. The van der Waals surface area contributed by atoms with Crippen molar-refractivity contribution in [1.82, 2.24) is 0 Å². The van der Waals surface area contributed by atoms with E-state index in [4.69, 9.17) is 9.84 Å². The van der Waals surface area contributed by atoms with E-state index in [0.717, 1.165) is 18.8 Å². The lowest BCUT2D eigenvalue weighted by molar-refractivity contribution is -0.140. The van der Waals surface area contributed by atoms with Crippen molar-refractivity contribution in [3.63, 3.8) is 0 Å². The Bertz CT molecular complexity index is 334. The Balaban J connectivity index is 3.58. The number of unbranched alkanes of at least 4 members (excludes halogenated alkanes) is 7. The molecule has 0 atom stereocenters. The largest absolute Gasteiger partial charge is 0.512 e. The van der Waals surface area contributed by atoms with Crippen molar-refractivity contribution in [3.8, 4) is 0 Å². The summed E-state index contributed by atoms with van der Waals surface area (Å²) < 4.78 is 4.77. The van der Waals surface area contributed by atoms with Crippen LogP contribution < -0.4 is 0 Å². The summed E-state index contributed by atoms with van der Waals surface area (Å²) in [5.74, 6) is 0.389. The molecule has 0 aromatic carbocycles. The Hall–Kier alpha value is -1.03. The smallest absolute Gasteiger partial charge is 0.337 e. The van der Waals surface area contributed by atoms with E-state index in [1.165, 1.54) is 44.9 Å². The first kappa shape index (κ1) is 22.0. The highest BCUT2D eigenvalue weighted by molar-refractivity contribution is 5.88. The quantitative estimate of drug-likeness (QED) is 0.206. The second kappa shape index (κ2) is 14.6. The van der Waals surface area contributed by atoms with Crippen LogP contribution in [0.1, 0.15) is 85.0 Å². The highest BCUT2D eigenvalue weighted by Gasteiger charge is 2.11. The first-order valence-corrected chi connectivity index (χ1v) is 9.15. The number of ether oxygens (including phenoxy) is 1. The molecule has 0 aliphatic heterocycles. The van der Waals surface area contributed by atoms with Gasteiger partial charge in [0.15, 0.2) is 0 Å². The molecule has 0 amide bonds. The van der Waals surface area contributed by atoms with E-state index in [-0.39, 0.29) is 24.5 Å². The molecule has 0 rings (SSSR count). The summed E-state index contributed by atoms with van der Waals surface area (Å²) in [6.45, 7) is 5.89. The Morgan fingerprint density at radius 2 is 1.48 bits per heavy atom. The van der Waals surface area contributed by atoms with E-state index in [1.54, 1.807) is 6.92 Å². The van der Waals surface area contributed by atoms with Gasteiger partial charge in [-0.1, -0.05) is 65.2 Å². The summed E-state index contributed by atoms with van der Waals surface area (Å²) in [4.78, 5) is 11.5. The van der Waals surface area contributed by atoms with Gasteiger partial charge in [-0.05, 0) is 19.3 Å². The third-order valence-electron chi connectivity index (χ3n) is 4.01. The molecule has 0 heterocycles. The van der Waals surface area contributed by atoms with Crippen molar-refractivity contribution in [2.45, 2.75) is 85.0 Å². The molecule has 0 fully saturated rings. The van der Waals surface area contributed by atoms with Gasteiger partial charge in [-0.15, -0.1) is 0 Å². The monoisotopic (exact) mass is 328 g/mol. The summed E-state index contributed by atoms with van der Waals surface area (Å²) in [6, 6.07) is 0. The molecule has 0 aliphatic carbocycles. The fourth-order valence-electron chi connectivity index (χ4n) is 2.46. The maximum atomic E-state index is 11.5. The molecule has 23 heavy (non-hydrogen) atoms. The van der Waals surface area contributed by atoms with Crippen molar-refractivity contribution < 1.29 is 19.7 Å². The zero-order valence-electron chi connectivity index (χ0n) is 15.3. The Labute approximate surface area is 141 Å². The lowest BCUT2D eigenvalue weighted by Gasteiger charge is -2.07. The van der Waals surface area contributed by atoms with Crippen LogP contribution in [0.2, 0.25) is 0 Å². The summed E-state index contributed by atoms with van der Waals surface area (Å²) in [5.41, 5.74) is 0.253. The van der Waals surface area contributed by atoms with Gasteiger partial charge >= 0.3 is 5.97 Å². The summed E-state index contributed by atoms with van der Waals surface area (Å²) in [6.07, 6.45) is 11.6. The van der Waals surface area contributed by atoms with Crippen molar-refractivity contribution >= 4 is 5.97 Å². The van der Waals surface area contributed by atoms with Crippen LogP contribution >= 0.6 is 0 Å². The van der Waals surface area contributed by atoms with Gasteiger partial charge in [0.2, 0.25) is 0 Å². The molecule has 0 aromatic rings. The van der Waals surface area contributed by atoms with Gasteiger partial charge in [0, 0.05) is 6.42 Å². The van der Waals surface area contributed by atoms with Crippen LogP contribution in [0.3, 0.4) is 0 Å². The van der Waals surface area contributed by atoms with Crippen LogP contribution in [0.25, 0.3) is 0 Å². The Morgan fingerprint density at radius 1 is 0.957 bits per heavy atom. The molecule has 2 N–H and O–H groups in total. The fourth-order valence-corrected chi connectivity index (χ4v) is 2.46. The minimum absolute atomic E-state index is 0.0272. The summed E-state index contributed by atoms with van der Waals surface area (Å²) >= 11 is 0. The molecule has 0 unspecified atom stereocenters. The van der Waals surface area contributed by atoms with E-state index in [1.807, 2.05) is 0 Å². The molecule has 136 valence electrons. The summed E-state index contributed by atoms with van der Waals surface area (Å²) in [5, 5.41) is 18.4. The SMILES string of the molecule is C/C(C(=O)OCCO)=C(\O)CCCCCCCCCCC(C)C. The number of esters is 1. The molecular formula is C19H36O4. The van der Waals surface area contributed by atoms with Crippen molar-refractivity contribution in [2.75, 3.05) is 13.2 Å². The van der Waals surface area contributed by atoms with Crippen LogP contribution in [-0.4, -0.2) is 29.4 Å². The molecule has 0 radical (unpaired) electrons. The maximum absolute atomic E-state index is 11.5. The standard InChI is InChI=1S/C19H36O4/c1-16(2)12-10-8-6-4-5-7-9-11-13-18(21)17(3)19(22)23-15-14-20/h16,20-21H,4-15H2,1-3H3/b18-17+. The number of aliphatic hydroxyl groups excluding tert-OH is 2. The predicted octanol–water partition coefficient (Wildman–Crippen LogP) is 4.91. The van der Waals surface area contributed by atoms with E-state index in [2.05, 4.69) is 13.8 Å². The number of rotatable bonds is 14. The third-order valence-corrected chi connectivity index (χ3v) is 4.01. The van der Waals surface area contributed by atoms with Gasteiger partial charge in [-0.2, -0.15) is 0 Å². The van der Waals surface area contributed by atoms with Crippen LogP contribution in [0.5, 0.6) is 0 Å².